The first kappa shape index (κ1) is 19.2. The molecule has 27 heavy (non-hydrogen) atoms. The lowest BCUT2D eigenvalue weighted by molar-refractivity contribution is 0.0948. The van der Waals surface area contributed by atoms with E-state index in [1.54, 1.807) is 25.4 Å². The molecule has 0 unspecified atom stereocenters. The molecule has 0 bridgehead atoms. The summed E-state index contributed by atoms with van der Waals surface area (Å²) in [4.78, 5) is 19.0. The second-order valence-electron chi connectivity index (χ2n) is 6.75. The van der Waals surface area contributed by atoms with Crippen LogP contribution in [0.25, 0.3) is 0 Å². The Labute approximate surface area is 160 Å². The molecule has 1 aromatic heterocycles. The lowest BCUT2D eigenvalue weighted by atomic mass is 10.1. The van der Waals surface area contributed by atoms with E-state index < -0.39 is 0 Å². The molecular formula is C21H28N4O2. The second kappa shape index (κ2) is 9.92. The molecule has 144 valence electrons. The van der Waals surface area contributed by atoms with E-state index in [1.807, 2.05) is 0 Å². The van der Waals surface area contributed by atoms with Gasteiger partial charge in [0.05, 0.1) is 0 Å². The molecule has 0 atom stereocenters. The lowest BCUT2D eigenvalue weighted by Gasteiger charge is -2.28. The summed E-state index contributed by atoms with van der Waals surface area (Å²) in [6, 6.07) is 11.9. The van der Waals surface area contributed by atoms with Crippen LogP contribution in [0.5, 0.6) is 0 Å². The second-order valence-corrected chi connectivity index (χ2v) is 6.75. The van der Waals surface area contributed by atoms with Crippen molar-refractivity contribution in [3.8, 4) is 0 Å². The maximum absolute atomic E-state index is 12.2. The van der Waals surface area contributed by atoms with E-state index in [-0.39, 0.29) is 5.91 Å². The highest BCUT2D eigenvalue weighted by Crippen LogP contribution is 2.23. The highest BCUT2D eigenvalue weighted by molar-refractivity contribution is 5.94. The Balaban J connectivity index is 1.58. The number of aromatic nitrogens is 1. The van der Waals surface area contributed by atoms with Crippen LogP contribution in [0.1, 0.15) is 36.0 Å². The Morgan fingerprint density at radius 1 is 1.15 bits per heavy atom. The third-order valence-electron chi connectivity index (χ3n) is 4.69. The minimum atomic E-state index is -0.100. The number of rotatable bonds is 8. The van der Waals surface area contributed by atoms with Crippen molar-refractivity contribution < 1.29 is 9.53 Å². The third-order valence-corrected chi connectivity index (χ3v) is 4.69. The van der Waals surface area contributed by atoms with Gasteiger partial charge in [-0.15, -0.1) is 0 Å². The van der Waals surface area contributed by atoms with Crippen LogP contribution in [0.15, 0.2) is 42.6 Å². The van der Waals surface area contributed by atoms with Gasteiger partial charge in [0.2, 0.25) is 0 Å². The summed E-state index contributed by atoms with van der Waals surface area (Å²) in [7, 11) is 1.65. The van der Waals surface area contributed by atoms with Crippen molar-refractivity contribution in [2.75, 3.05) is 43.6 Å². The maximum Gasteiger partial charge on any atom is 0.251 e. The van der Waals surface area contributed by atoms with Gasteiger partial charge in [0.1, 0.15) is 5.82 Å². The van der Waals surface area contributed by atoms with Crippen LogP contribution in [0, 0.1) is 0 Å². The Morgan fingerprint density at radius 2 is 1.93 bits per heavy atom. The number of piperidine rings is 1. The fourth-order valence-corrected chi connectivity index (χ4v) is 3.22. The number of anilines is 3. The van der Waals surface area contributed by atoms with Crippen molar-refractivity contribution in [1.82, 2.24) is 10.3 Å². The van der Waals surface area contributed by atoms with Crippen LogP contribution in [0.3, 0.4) is 0 Å². The molecule has 2 aromatic rings. The minimum absolute atomic E-state index is 0.100. The fraction of sp³-hybridized carbons (Fsp3) is 0.429. The van der Waals surface area contributed by atoms with Crippen molar-refractivity contribution in [1.29, 1.82) is 0 Å². The Morgan fingerprint density at radius 3 is 2.67 bits per heavy atom. The first-order chi connectivity index (χ1) is 13.3. The van der Waals surface area contributed by atoms with Crippen molar-refractivity contribution >= 4 is 23.1 Å². The van der Waals surface area contributed by atoms with Crippen LogP contribution in [0.4, 0.5) is 17.2 Å². The number of nitrogens with zero attached hydrogens (tertiary/aromatic N) is 2. The summed E-state index contributed by atoms with van der Waals surface area (Å²) < 4.78 is 4.99. The number of nitrogens with one attached hydrogen (secondary N) is 2. The molecule has 3 rings (SSSR count). The van der Waals surface area contributed by atoms with Gasteiger partial charge in [0, 0.05) is 56.5 Å². The number of carbonyl (C=O) groups is 1. The standard InChI is InChI=1S/C21H28N4O2/c1-27-15-5-11-23-21(26)17-10-12-22-20(16-17)24-18-6-8-19(9-7-18)25-13-3-2-4-14-25/h6-10,12,16H,2-5,11,13-15H2,1H3,(H,22,24)(H,23,26). The molecule has 6 nitrogen and oxygen atoms in total. The van der Waals surface area contributed by atoms with Gasteiger partial charge in [-0.2, -0.15) is 0 Å². The predicted octanol–water partition coefficient (Wildman–Crippen LogP) is 3.58. The molecule has 1 aliphatic heterocycles. The Bertz CT molecular complexity index is 727. The fourth-order valence-electron chi connectivity index (χ4n) is 3.22. The van der Waals surface area contributed by atoms with E-state index in [1.165, 1.54) is 24.9 Å². The molecule has 2 N–H and O–H groups in total. The number of pyridine rings is 1. The van der Waals surface area contributed by atoms with Crippen LogP contribution in [-0.2, 0) is 4.74 Å². The number of amides is 1. The zero-order valence-electron chi connectivity index (χ0n) is 15.9. The molecule has 1 aliphatic rings. The molecule has 1 saturated heterocycles. The van der Waals surface area contributed by atoms with E-state index >= 15 is 0 Å². The van der Waals surface area contributed by atoms with E-state index in [0.717, 1.165) is 25.2 Å². The zero-order valence-corrected chi connectivity index (χ0v) is 15.9. The van der Waals surface area contributed by atoms with E-state index in [4.69, 9.17) is 4.74 Å². The normalized spacial score (nSPS) is 14.0. The molecular weight excluding hydrogens is 340 g/mol. The summed E-state index contributed by atoms with van der Waals surface area (Å²) in [5.41, 5.74) is 2.81. The molecule has 6 heteroatoms. The Hall–Kier alpha value is -2.60. The van der Waals surface area contributed by atoms with Gasteiger partial charge in [-0.05, 0) is 62.1 Å². The monoisotopic (exact) mass is 368 g/mol. The average Bonchev–Trinajstić information content (AvgIpc) is 2.72. The summed E-state index contributed by atoms with van der Waals surface area (Å²) in [6.45, 7) is 3.50. The number of methoxy groups -OCH3 is 1. The first-order valence-electron chi connectivity index (χ1n) is 9.61. The zero-order chi connectivity index (χ0) is 18.9. The molecule has 1 aromatic carbocycles. The molecule has 0 saturated carbocycles. The molecule has 1 fully saturated rings. The maximum atomic E-state index is 12.2. The van der Waals surface area contributed by atoms with Crippen LogP contribution >= 0.6 is 0 Å². The van der Waals surface area contributed by atoms with Crippen molar-refractivity contribution in [3.05, 3.63) is 48.2 Å². The SMILES string of the molecule is COCCCNC(=O)c1ccnc(Nc2ccc(N3CCCCC3)cc2)c1. The van der Waals surface area contributed by atoms with E-state index in [0.29, 0.717) is 24.5 Å². The smallest absolute Gasteiger partial charge is 0.251 e. The van der Waals surface area contributed by atoms with Crippen LogP contribution < -0.4 is 15.5 Å². The first-order valence-corrected chi connectivity index (χ1v) is 9.61. The van der Waals surface area contributed by atoms with Gasteiger partial charge in [-0.3, -0.25) is 4.79 Å². The van der Waals surface area contributed by atoms with Gasteiger partial charge in [0.25, 0.3) is 5.91 Å². The number of benzene rings is 1. The topological polar surface area (TPSA) is 66.5 Å². The molecule has 0 aliphatic carbocycles. The molecule has 2 heterocycles. The van der Waals surface area contributed by atoms with Gasteiger partial charge in [0.15, 0.2) is 0 Å². The Kier molecular flexibility index (Phi) is 7.04. The number of carbonyl (C=O) groups excluding carboxylic acids is 1. The van der Waals surface area contributed by atoms with Crippen LogP contribution in [-0.4, -0.2) is 44.2 Å². The van der Waals surface area contributed by atoms with Gasteiger partial charge < -0.3 is 20.3 Å². The summed E-state index contributed by atoms with van der Waals surface area (Å²) in [6.07, 6.45) is 6.31. The van der Waals surface area contributed by atoms with E-state index in [9.17, 15) is 4.79 Å². The molecule has 1 amide bonds. The van der Waals surface area contributed by atoms with Crippen LogP contribution in [0.2, 0.25) is 0 Å². The average molecular weight is 368 g/mol. The highest BCUT2D eigenvalue weighted by atomic mass is 16.5. The number of ether oxygens (including phenoxy) is 1. The van der Waals surface area contributed by atoms with E-state index in [2.05, 4.69) is 44.8 Å². The highest BCUT2D eigenvalue weighted by Gasteiger charge is 2.11. The van der Waals surface area contributed by atoms with Crippen molar-refractivity contribution in [2.45, 2.75) is 25.7 Å². The largest absolute Gasteiger partial charge is 0.385 e. The van der Waals surface area contributed by atoms with Gasteiger partial charge in [-0.25, -0.2) is 4.98 Å². The summed E-state index contributed by atoms with van der Waals surface area (Å²) >= 11 is 0. The van der Waals surface area contributed by atoms with Crippen molar-refractivity contribution in [3.63, 3.8) is 0 Å². The summed E-state index contributed by atoms with van der Waals surface area (Å²) in [5.74, 6) is 0.558. The summed E-state index contributed by atoms with van der Waals surface area (Å²) in [5, 5.41) is 6.16. The third kappa shape index (κ3) is 5.69. The quantitative estimate of drug-likeness (QED) is 0.697. The van der Waals surface area contributed by atoms with Gasteiger partial charge in [-0.1, -0.05) is 0 Å². The minimum Gasteiger partial charge on any atom is -0.385 e. The molecule has 0 spiro atoms. The predicted molar refractivity (Wildman–Crippen MR) is 109 cm³/mol. The van der Waals surface area contributed by atoms with Gasteiger partial charge >= 0.3 is 0 Å². The number of hydrogen-bond acceptors (Lipinski definition) is 5. The number of hydrogen-bond donors (Lipinski definition) is 2. The van der Waals surface area contributed by atoms with Crippen molar-refractivity contribution in [2.24, 2.45) is 0 Å². The lowest BCUT2D eigenvalue weighted by Crippen LogP contribution is -2.29. The molecule has 0 radical (unpaired) electrons.